The molecule has 1 aliphatic heterocycles. The lowest BCUT2D eigenvalue weighted by molar-refractivity contribution is 0.0708. The molecule has 0 spiro atoms. The van der Waals surface area contributed by atoms with Crippen LogP contribution in [0.2, 0.25) is 0 Å². The number of benzene rings is 1. The minimum absolute atomic E-state index is 0.0262. The number of nitrogens with two attached hydrogens (primary N) is 1. The molecule has 0 aliphatic carbocycles. The molecule has 3 rings (SSSR count). The first-order chi connectivity index (χ1) is 11.1. The second-order valence-electron chi connectivity index (χ2n) is 5.60. The standard InChI is InChI=1S/C17H18BrN3O2/c18-13-3-1-5-15(9-13)23-16-7-6-12(10-20-16)17(22)21-8-2-4-14(19)11-21/h1,3,5-7,9-10,14H,2,4,8,11,19H2/t14-/m1/s1. The van der Waals surface area contributed by atoms with E-state index in [-0.39, 0.29) is 11.9 Å². The number of hydrogen-bond acceptors (Lipinski definition) is 4. The zero-order valence-corrected chi connectivity index (χ0v) is 14.2. The maximum atomic E-state index is 12.4. The van der Waals surface area contributed by atoms with E-state index >= 15 is 0 Å². The second-order valence-corrected chi connectivity index (χ2v) is 6.51. The second kappa shape index (κ2) is 7.10. The van der Waals surface area contributed by atoms with E-state index in [1.54, 1.807) is 23.2 Å². The zero-order valence-electron chi connectivity index (χ0n) is 12.6. The van der Waals surface area contributed by atoms with E-state index in [1.807, 2.05) is 24.3 Å². The third-order valence-corrected chi connectivity index (χ3v) is 4.24. The minimum Gasteiger partial charge on any atom is -0.439 e. The van der Waals surface area contributed by atoms with Gasteiger partial charge in [-0.05, 0) is 37.1 Å². The number of carbonyl (C=O) groups is 1. The molecule has 120 valence electrons. The first-order valence-electron chi connectivity index (χ1n) is 7.56. The minimum atomic E-state index is -0.0262. The fraction of sp³-hybridized carbons (Fsp3) is 0.294. The van der Waals surface area contributed by atoms with Crippen LogP contribution in [-0.2, 0) is 0 Å². The van der Waals surface area contributed by atoms with Crippen molar-refractivity contribution < 1.29 is 9.53 Å². The smallest absolute Gasteiger partial charge is 0.255 e. The zero-order chi connectivity index (χ0) is 16.2. The van der Waals surface area contributed by atoms with E-state index in [9.17, 15) is 4.79 Å². The number of nitrogens with zero attached hydrogens (tertiary/aromatic N) is 2. The molecule has 1 amide bonds. The number of piperidine rings is 1. The molecule has 5 nitrogen and oxygen atoms in total. The molecule has 2 aromatic rings. The summed E-state index contributed by atoms with van der Waals surface area (Å²) in [4.78, 5) is 18.5. The van der Waals surface area contributed by atoms with Gasteiger partial charge >= 0.3 is 0 Å². The predicted molar refractivity (Wildman–Crippen MR) is 91.6 cm³/mol. The van der Waals surface area contributed by atoms with Crippen molar-refractivity contribution in [2.45, 2.75) is 18.9 Å². The third kappa shape index (κ3) is 4.09. The van der Waals surface area contributed by atoms with E-state index in [0.29, 0.717) is 23.7 Å². The van der Waals surface area contributed by atoms with Crippen LogP contribution < -0.4 is 10.5 Å². The Kier molecular flexibility index (Phi) is 4.93. The van der Waals surface area contributed by atoms with Gasteiger partial charge in [0.2, 0.25) is 5.88 Å². The summed E-state index contributed by atoms with van der Waals surface area (Å²) in [6.45, 7) is 1.36. The Balaban J connectivity index is 1.68. The largest absolute Gasteiger partial charge is 0.439 e. The molecule has 1 aliphatic rings. The van der Waals surface area contributed by atoms with E-state index in [1.165, 1.54) is 0 Å². The molecule has 1 saturated heterocycles. The van der Waals surface area contributed by atoms with Crippen LogP contribution in [0.25, 0.3) is 0 Å². The molecule has 6 heteroatoms. The molecule has 0 unspecified atom stereocenters. The van der Waals surface area contributed by atoms with Gasteiger partial charge in [-0.25, -0.2) is 4.98 Å². The van der Waals surface area contributed by atoms with Crippen molar-refractivity contribution >= 4 is 21.8 Å². The molecule has 2 heterocycles. The van der Waals surface area contributed by atoms with Crippen molar-refractivity contribution in [3.05, 3.63) is 52.6 Å². The number of rotatable bonds is 3. The lowest BCUT2D eigenvalue weighted by Gasteiger charge is -2.30. The van der Waals surface area contributed by atoms with E-state index in [4.69, 9.17) is 10.5 Å². The molecule has 0 radical (unpaired) electrons. The van der Waals surface area contributed by atoms with Crippen LogP contribution in [-0.4, -0.2) is 34.9 Å². The van der Waals surface area contributed by atoms with Gasteiger partial charge in [0.05, 0.1) is 5.56 Å². The predicted octanol–water partition coefficient (Wildman–Crippen LogP) is 3.20. The lowest BCUT2D eigenvalue weighted by Crippen LogP contribution is -2.45. The van der Waals surface area contributed by atoms with Gasteiger partial charge in [0.1, 0.15) is 5.75 Å². The van der Waals surface area contributed by atoms with E-state index in [0.717, 1.165) is 23.9 Å². The SMILES string of the molecule is N[C@@H]1CCCN(C(=O)c2ccc(Oc3cccc(Br)c3)nc2)C1. The van der Waals surface area contributed by atoms with E-state index in [2.05, 4.69) is 20.9 Å². The molecule has 1 atom stereocenters. The van der Waals surface area contributed by atoms with Gasteiger partial charge in [-0.2, -0.15) is 0 Å². The maximum absolute atomic E-state index is 12.4. The van der Waals surface area contributed by atoms with Gasteiger partial charge in [0.15, 0.2) is 0 Å². The molecule has 1 fully saturated rings. The molecular weight excluding hydrogens is 358 g/mol. The highest BCUT2D eigenvalue weighted by molar-refractivity contribution is 9.10. The summed E-state index contributed by atoms with van der Waals surface area (Å²) in [6.07, 6.45) is 3.47. The van der Waals surface area contributed by atoms with Crippen molar-refractivity contribution in [3.63, 3.8) is 0 Å². The highest BCUT2D eigenvalue weighted by Gasteiger charge is 2.22. The third-order valence-electron chi connectivity index (χ3n) is 3.75. The number of likely N-dealkylation sites (tertiary alicyclic amines) is 1. The Hall–Kier alpha value is -1.92. The van der Waals surface area contributed by atoms with Gasteiger partial charge in [0, 0.05) is 35.9 Å². The molecule has 0 saturated carbocycles. The van der Waals surface area contributed by atoms with Crippen LogP contribution in [0.5, 0.6) is 11.6 Å². The molecule has 1 aromatic carbocycles. The number of carbonyl (C=O) groups excluding carboxylic acids is 1. The Bertz CT molecular complexity index is 690. The first kappa shape index (κ1) is 16.0. The first-order valence-corrected chi connectivity index (χ1v) is 8.35. The normalized spacial score (nSPS) is 17.8. The van der Waals surface area contributed by atoms with Crippen molar-refractivity contribution in [1.29, 1.82) is 0 Å². The van der Waals surface area contributed by atoms with Crippen molar-refractivity contribution in [2.24, 2.45) is 5.73 Å². The molecular formula is C17H18BrN3O2. The fourth-order valence-electron chi connectivity index (χ4n) is 2.60. The van der Waals surface area contributed by atoms with E-state index < -0.39 is 0 Å². The molecule has 23 heavy (non-hydrogen) atoms. The summed E-state index contributed by atoms with van der Waals surface area (Å²) in [7, 11) is 0. The molecule has 2 N–H and O–H groups in total. The van der Waals surface area contributed by atoms with Gasteiger partial charge < -0.3 is 15.4 Å². The van der Waals surface area contributed by atoms with Crippen molar-refractivity contribution in [3.8, 4) is 11.6 Å². The number of pyridine rings is 1. The summed E-state index contributed by atoms with van der Waals surface area (Å²) in [5.74, 6) is 1.12. The van der Waals surface area contributed by atoms with Crippen LogP contribution in [0.15, 0.2) is 47.1 Å². The fourth-order valence-corrected chi connectivity index (χ4v) is 2.97. The topological polar surface area (TPSA) is 68.5 Å². The summed E-state index contributed by atoms with van der Waals surface area (Å²) >= 11 is 3.39. The van der Waals surface area contributed by atoms with Gasteiger partial charge in [-0.3, -0.25) is 4.79 Å². The average molecular weight is 376 g/mol. The number of aromatic nitrogens is 1. The number of amides is 1. The Labute approximate surface area is 143 Å². The van der Waals surface area contributed by atoms with Crippen LogP contribution in [0.3, 0.4) is 0 Å². The van der Waals surface area contributed by atoms with Crippen LogP contribution >= 0.6 is 15.9 Å². The summed E-state index contributed by atoms with van der Waals surface area (Å²) < 4.78 is 6.60. The Morgan fingerprint density at radius 1 is 1.35 bits per heavy atom. The lowest BCUT2D eigenvalue weighted by atomic mass is 10.1. The maximum Gasteiger partial charge on any atom is 0.255 e. The quantitative estimate of drug-likeness (QED) is 0.893. The van der Waals surface area contributed by atoms with Gasteiger partial charge in [0.25, 0.3) is 5.91 Å². The van der Waals surface area contributed by atoms with Crippen LogP contribution in [0.4, 0.5) is 0 Å². The number of hydrogen-bond donors (Lipinski definition) is 1. The summed E-state index contributed by atoms with van der Waals surface area (Å²) in [5, 5.41) is 0. The van der Waals surface area contributed by atoms with Crippen LogP contribution in [0.1, 0.15) is 23.2 Å². The summed E-state index contributed by atoms with van der Waals surface area (Å²) in [6, 6.07) is 11.0. The van der Waals surface area contributed by atoms with Gasteiger partial charge in [-0.1, -0.05) is 22.0 Å². The van der Waals surface area contributed by atoms with Crippen molar-refractivity contribution in [2.75, 3.05) is 13.1 Å². The van der Waals surface area contributed by atoms with Crippen LogP contribution in [0, 0.1) is 0 Å². The Morgan fingerprint density at radius 2 is 2.22 bits per heavy atom. The average Bonchev–Trinajstić information content (AvgIpc) is 2.55. The molecule has 0 bridgehead atoms. The highest BCUT2D eigenvalue weighted by Crippen LogP contribution is 2.23. The molecule has 1 aromatic heterocycles. The number of halogens is 1. The number of ether oxygens (including phenoxy) is 1. The monoisotopic (exact) mass is 375 g/mol. The summed E-state index contributed by atoms with van der Waals surface area (Å²) in [5.41, 5.74) is 6.49. The van der Waals surface area contributed by atoms with Crippen molar-refractivity contribution in [1.82, 2.24) is 9.88 Å². The highest BCUT2D eigenvalue weighted by atomic mass is 79.9. The van der Waals surface area contributed by atoms with Gasteiger partial charge in [-0.15, -0.1) is 0 Å². The Morgan fingerprint density at radius 3 is 2.91 bits per heavy atom.